The van der Waals surface area contributed by atoms with E-state index in [1.54, 1.807) is 29.0 Å². The average Bonchev–Trinajstić information content (AvgIpc) is 3.46. The maximum Gasteiger partial charge on any atom is 0.293 e. The molecule has 4 aromatic rings. The van der Waals surface area contributed by atoms with Gasteiger partial charge in [-0.2, -0.15) is 4.98 Å². The highest BCUT2D eigenvalue weighted by Crippen LogP contribution is 2.44. The molecule has 2 aromatic heterocycles. The van der Waals surface area contributed by atoms with Gasteiger partial charge in [0.2, 0.25) is 17.8 Å². The third kappa shape index (κ3) is 7.35. The van der Waals surface area contributed by atoms with Crippen molar-refractivity contribution in [3.63, 3.8) is 0 Å². The summed E-state index contributed by atoms with van der Waals surface area (Å²) in [7, 11) is 0. The number of nitrogens with one attached hydrogen (secondary N) is 2. The summed E-state index contributed by atoms with van der Waals surface area (Å²) < 4.78 is 7.43. The summed E-state index contributed by atoms with van der Waals surface area (Å²) in [5.74, 6) is 0.149. The first-order valence-corrected chi connectivity index (χ1v) is 21.5. The zero-order chi connectivity index (χ0) is 41.9. The summed E-state index contributed by atoms with van der Waals surface area (Å²) in [4.78, 5) is 81.3. The Kier molecular flexibility index (Phi) is 10.5. The van der Waals surface area contributed by atoms with Gasteiger partial charge in [-0.1, -0.05) is 11.6 Å². The molecule has 15 nitrogen and oxygen atoms in total. The summed E-state index contributed by atoms with van der Waals surface area (Å²) in [6, 6.07) is 12.0. The van der Waals surface area contributed by atoms with Gasteiger partial charge in [0.05, 0.1) is 29.4 Å². The zero-order valence-electron chi connectivity index (χ0n) is 34.2. The second-order valence-corrected chi connectivity index (χ2v) is 17.6. The van der Waals surface area contributed by atoms with Crippen molar-refractivity contribution in [2.75, 3.05) is 67.5 Å². The van der Waals surface area contributed by atoms with Crippen molar-refractivity contribution in [3.05, 3.63) is 75.2 Å². The van der Waals surface area contributed by atoms with Crippen LogP contribution in [0.1, 0.15) is 86.1 Å². The summed E-state index contributed by atoms with van der Waals surface area (Å²) in [5.41, 5.74) is 3.26. The van der Waals surface area contributed by atoms with E-state index in [-0.39, 0.29) is 35.8 Å². The van der Waals surface area contributed by atoms with E-state index in [4.69, 9.17) is 21.3 Å². The lowest BCUT2D eigenvalue weighted by atomic mass is 9.71. The highest BCUT2D eigenvalue weighted by Gasteiger charge is 2.47. The van der Waals surface area contributed by atoms with E-state index in [2.05, 4.69) is 30.3 Å². The molecule has 9 rings (SSSR count). The van der Waals surface area contributed by atoms with Gasteiger partial charge in [-0.3, -0.25) is 34.2 Å². The number of piperidine rings is 3. The van der Waals surface area contributed by atoms with Crippen LogP contribution in [0.3, 0.4) is 0 Å². The lowest BCUT2D eigenvalue weighted by molar-refractivity contribution is -0.136. The Labute approximate surface area is 353 Å². The van der Waals surface area contributed by atoms with Gasteiger partial charge >= 0.3 is 0 Å². The fourth-order valence-electron chi connectivity index (χ4n) is 9.71. The molecule has 2 N–H and O–H groups in total. The van der Waals surface area contributed by atoms with Crippen molar-refractivity contribution in [2.45, 2.75) is 71.4 Å². The molecule has 5 aliphatic rings. The minimum atomic E-state index is -0.967. The van der Waals surface area contributed by atoms with E-state index < -0.39 is 23.8 Å². The lowest BCUT2D eigenvalue weighted by Gasteiger charge is -2.55. The molecule has 1 spiro atoms. The number of imide groups is 2. The molecule has 0 aliphatic carbocycles. The van der Waals surface area contributed by atoms with Crippen LogP contribution in [0.4, 0.5) is 23.1 Å². The molecule has 16 heteroatoms. The number of carbonyl (C=O) groups is 4. The second kappa shape index (κ2) is 15.8. The van der Waals surface area contributed by atoms with Crippen LogP contribution in [0.15, 0.2) is 53.5 Å². The number of pyridine rings is 1. The zero-order valence-corrected chi connectivity index (χ0v) is 35.0. The molecule has 1 atom stereocenters. The third-order valence-electron chi connectivity index (χ3n) is 13.0. The molecule has 0 bridgehead atoms. The first kappa shape index (κ1) is 39.9. The quantitative estimate of drug-likeness (QED) is 0.197. The number of hydrogen-bond acceptors (Lipinski definition) is 12. The van der Waals surface area contributed by atoms with Gasteiger partial charge in [-0.05, 0) is 114 Å². The number of hydrogen-bond donors (Lipinski definition) is 2. The number of amides is 4. The van der Waals surface area contributed by atoms with Crippen molar-refractivity contribution in [1.29, 1.82) is 0 Å². The standard InChI is InChI=1S/C44H50ClN9O6/c1-4-60-36-20-28-19-29(5-8-34(28)53(26(2)3)42(36)59)47-38-33(45)22-46-43(49-38)51-15-11-27(12-16-51)23-50-17-13-44(14-18-50)24-52(25-44)30-6-7-31-32(21-30)41(58)54(40(31)57)35-9-10-37(55)48-39(35)56/h5-8,19-22,26-27,35H,4,9-18,23-25H2,1-3H3,(H,46,47,49)(H,48,55,56). The molecule has 314 valence electrons. The average molecular weight is 836 g/mol. The monoisotopic (exact) mass is 835 g/mol. The minimum absolute atomic E-state index is 0.0340. The van der Waals surface area contributed by atoms with Crippen molar-refractivity contribution in [2.24, 2.45) is 11.3 Å². The smallest absolute Gasteiger partial charge is 0.293 e. The van der Waals surface area contributed by atoms with Crippen LogP contribution >= 0.6 is 11.6 Å². The van der Waals surface area contributed by atoms with E-state index in [0.29, 0.717) is 46.2 Å². The molecule has 0 saturated carbocycles. The highest BCUT2D eigenvalue weighted by molar-refractivity contribution is 6.33. The van der Waals surface area contributed by atoms with Gasteiger partial charge in [0.1, 0.15) is 11.1 Å². The molecule has 4 saturated heterocycles. The number of anilines is 4. The first-order chi connectivity index (χ1) is 28.9. The molecule has 4 amide bonds. The Bertz CT molecular complexity index is 2450. The molecule has 0 radical (unpaired) electrons. The van der Waals surface area contributed by atoms with Gasteiger partial charge in [0, 0.05) is 67.4 Å². The second-order valence-electron chi connectivity index (χ2n) is 17.2. The van der Waals surface area contributed by atoms with Gasteiger partial charge in [0.25, 0.3) is 17.4 Å². The van der Waals surface area contributed by atoms with Gasteiger partial charge < -0.3 is 29.3 Å². The van der Waals surface area contributed by atoms with E-state index in [9.17, 15) is 24.0 Å². The van der Waals surface area contributed by atoms with Gasteiger partial charge in [0.15, 0.2) is 11.6 Å². The van der Waals surface area contributed by atoms with Crippen LogP contribution in [0.2, 0.25) is 5.02 Å². The number of halogens is 1. The number of likely N-dealkylation sites (tertiary alicyclic amines) is 1. The van der Waals surface area contributed by atoms with Crippen molar-refractivity contribution in [1.82, 2.24) is 29.7 Å². The molecular weight excluding hydrogens is 786 g/mol. The normalized spacial score (nSPS) is 20.9. The predicted octanol–water partition coefficient (Wildman–Crippen LogP) is 5.39. The van der Waals surface area contributed by atoms with E-state index in [0.717, 1.165) is 98.7 Å². The van der Waals surface area contributed by atoms with Crippen LogP contribution in [0.25, 0.3) is 10.9 Å². The molecule has 1 unspecified atom stereocenters. The molecule has 5 aliphatic heterocycles. The SMILES string of the molecule is CCOc1cc2cc(Nc3nc(N4CCC(CN5CCC6(CC5)CN(c5ccc7c(c5)C(=O)N(C5CCC(=O)NC5=O)C7=O)C6)CC4)ncc3Cl)ccc2n(C(C)C)c1=O. The topological polar surface area (TPSA) is 162 Å². The number of rotatable bonds is 10. The fraction of sp³-hybridized carbons (Fsp3) is 0.477. The van der Waals surface area contributed by atoms with Crippen LogP contribution in [0.5, 0.6) is 5.75 Å². The number of nitrogens with zero attached hydrogens (tertiary/aromatic N) is 7. The van der Waals surface area contributed by atoms with Gasteiger partial charge in [-0.25, -0.2) is 4.98 Å². The minimum Gasteiger partial charge on any atom is -0.488 e. The Morgan fingerprint density at radius 3 is 2.38 bits per heavy atom. The fourth-order valence-corrected chi connectivity index (χ4v) is 9.85. The van der Waals surface area contributed by atoms with E-state index >= 15 is 0 Å². The molecule has 7 heterocycles. The number of carbonyl (C=O) groups excluding carboxylic acids is 4. The molecule has 2 aromatic carbocycles. The first-order valence-electron chi connectivity index (χ1n) is 21.1. The van der Waals surface area contributed by atoms with Crippen molar-refractivity contribution < 1.29 is 23.9 Å². The van der Waals surface area contributed by atoms with E-state index in [1.807, 2.05) is 45.0 Å². The maximum absolute atomic E-state index is 13.4. The number of fused-ring (bicyclic) bond motifs is 2. The Morgan fingerprint density at radius 2 is 1.67 bits per heavy atom. The molecule has 4 fully saturated rings. The summed E-state index contributed by atoms with van der Waals surface area (Å²) in [5, 5.41) is 6.93. The Morgan fingerprint density at radius 1 is 0.917 bits per heavy atom. The molecular formula is C44H50ClN9O6. The Hall–Kier alpha value is -5.54. The predicted molar refractivity (Wildman–Crippen MR) is 228 cm³/mol. The summed E-state index contributed by atoms with van der Waals surface area (Å²) in [6.07, 6.45) is 6.22. The number of benzene rings is 2. The highest BCUT2D eigenvalue weighted by atomic mass is 35.5. The van der Waals surface area contributed by atoms with Crippen LogP contribution in [-0.2, 0) is 9.59 Å². The molecule has 60 heavy (non-hydrogen) atoms. The third-order valence-corrected chi connectivity index (χ3v) is 13.3. The number of aromatic nitrogens is 3. The lowest BCUT2D eigenvalue weighted by Crippen LogP contribution is -2.60. The Balaban J connectivity index is 0.763. The largest absolute Gasteiger partial charge is 0.488 e. The van der Waals surface area contributed by atoms with Crippen LogP contribution in [-0.4, -0.2) is 106 Å². The van der Waals surface area contributed by atoms with Crippen LogP contribution < -0.4 is 30.7 Å². The van der Waals surface area contributed by atoms with Gasteiger partial charge in [-0.15, -0.1) is 0 Å². The summed E-state index contributed by atoms with van der Waals surface area (Å²) >= 11 is 6.61. The summed E-state index contributed by atoms with van der Waals surface area (Å²) in [6.45, 7) is 13.0. The number of ether oxygens (including phenoxy) is 1. The van der Waals surface area contributed by atoms with Crippen molar-refractivity contribution >= 4 is 69.3 Å². The van der Waals surface area contributed by atoms with E-state index in [1.165, 1.54) is 0 Å². The van der Waals surface area contributed by atoms with Crippen LogP contribution in [0, 0.1) is 11.3 Å². The maximum atomic E-state index is 13.4. The van der Waals surface area contributed by atoms with Crippen molar-refractivity contribution in [3.8, 4) is 5.75 Å².